The standard InChI is InChI=1S/C61H42N2/c1-5-17-45(18-6-1)47-29-37-53(38-30-47)62(51-21-9-3-10-22-51)55-41-33-49(34-42-55)61(59-27-15-13-25-57(59)58-26-14-16-28-60(58)61)50-35-43-56(44-36-50)63(52-23-11-4-12-24-52)54-39-31-48(32-40-54)46-19-7-2-8-20-46/h1-31,33-39,41-44H. The van der Waals surface area contributed by atoms with E-state index in [4.69, 9.17) is 0 Å². The van der Waals surface area contributed by atoms with E-state index in [1.807, 2.05) is 6.07 Å². The van der Waals surface area contributed by atoms with Crippen LogP contribution in [0.3, 0.4) is 0 Å². The van der Waals surface area contributed by atoms with Gasteiger partial charge in [-0.2, -0.15) is 0 Å². The van der Waals surface area contributed by atoms with Crippen LogP contribution in [0.15, 0.2) is 272 Å². The third-order valence-electron chi connectivity index (χ3n) is 12.4. The number of hydrogen-bond donors (Lipinski definition) is 0. The lowest BCUT2D eigenvalue weighted by atomic mass is 9.67. The molecule has 0 amide bonds. The van der Waals surface area contributed by atoms with Gasteiger partial charge in [0.25, 0.3) is 0 Å². The van der Waals surface area contributed by atoms with Crippen LogP contribution >= 0.6 is 0 Å². The van der Waals surface area contributed by atoms with Crippen molar-refractivity contribution in [1.29, 1.82) is 0 Å². The molecule has 63 heavy (non-hydrogen) atoms. The highest BCUT2D eigenvalue weighted by Crippen LogP contribution is 2.56. The van der Waals surface area contributed by atoms with E-state index in [1.165, 1.54) is 44.5 Å². The van der Waals surface area contributed by atoms with Gasteiger partial charge in [-0.3, -0.25) is 0 Å². The van der Waals surface area contributed by atoms with Crippen molar-refractivity contribution in [2.75, 3.05) is 9.80 Å². The largest absolute Gasteiger partial charge is 0.311 e. The van der Waals surface area contributed by atoms with Crippen LogP contribution in [-0.2, 0) is 5.41 Å². The number of allylic oxidation sites excluding steroid dienone is 3. The Bertz CT molecular complexity index is 3150. The van der Waals surface area contributed by atoms with Crippen molar-refractivity contribution in [3.8, 4) is 22.3 Å². The Labute approximate surface area is 369 Å². The van der Waals surface area contributed by atoms with Crippen LogP contribution < -0.4 is 9.80 Å². The maximum absolute atomic E-state index is 3.51. The van der Waals surface area contributed by atoms with Crippen molar-refractivity contribution in [1.82, 2.24) is 0 Å². The van der Waals surface area contributed by atoms with Gasteiger partial charge in [0.1, 0.15) is 0 Å². The summed E-state index contributed by atoms with van der Waals surface area (Å²) < 4.78 is 0. The smallest absolute Gasteiger partial charge is 0.0973 e. The number of rotatable bonds is 10. The predicted octanol–water partition coefficient (Wildman–Crippen LogP) is 15.6. The topological polar surface area (TPSA) is 6.48 Å². The first-order valence-corrected chi connectivity index (χ1v) is 21.5. The van der Waals surface area contributed by atoms with Gasteiger partial charge in [0.2, 0.25) is 0 Å². The van der Waals surface area contributed by atoms with E-state index in [2.05, 4.69) is 270 Å². The van der Waals surface area contributed by atoms with Crippen molar-refractivity contribution >= 4 is 34.0 Å². The molecule has 2 nitrogen and oxygen atoms in total. The molecule has 2 aliphatic rings. The summed E-state index contributed by atoms with van der Waals surface area (Å²) in [6, 6.07) is 87.3. The highest BCUT2D eigenvalue weighted by atomic mass is 15.1. The SMILES string of the molecule is C1=C=C(N(c2ccccc2)c2ccc(C3(c4ccc(N(c5ccccc5)c5ccc(-c6ccccc6)cc5)cc4)c4ccccc4-c4ccccc43)cc2)C=CC=1c1ccccc1. The highest BCUT2D eigenvalue weighted by molar-refractivity contribution is 5.87. The summed E-state index contributed by atoms with van der Waals surface area (Å²) in [6.07, 6.45) is 4.28. The van der Waals surface area contributed by atoms with Crippen molar-refractivity contribution in [3.63, 3.8) is 0 Å². The lowest BCUT2D eigenvalue weighted by Crippen LogP contribution is -2.28. The van der Waals surface area contributed by atoms with Gasteiger partial charge in [-0.05, 0) is 129 Å². The second-order valence-electron chi connectivity index (χ2n) is 15.9. The molecule has 0 N–H and O–H groups in total. The first-order chi connectivity index (χ1) is 31.3. The Kier molecular flexibility index (Phi) is 9.69. The van der Waals surface area contributed by atoms with E-state index in [0.717, 1.165) is 45.3 Å². The zero-order valence-corrected chi connectivity index (χ0v) is 34.6. The van der Waals surface area contributed by atoms with Gasteiger partial charge in [0, 0.05) is 34.0 Å². The van der Waals surface area contributed by atoms with Gasteiger partial charge in [-0.1, -0.05) is 188 Å². The van der Waals surface area contributed by atoms with Gasteiger partial charge in [-0.15, -0.1) is 0 Å². The zero-order chi connectivity index (χ0) is 42.0. The molecule has 9 aromatic carbocycles. The summed E-state index contributed by atoms with van der Waals surface area (Å²) in [6.45, 7) is 0. The van der Waals surface area contributed by atoms with E-state index in [-0.39, 0.29) is 0 Å². The quantitative estimate of drug-likeness (QED) is 0.127. The van der Waals surface area contributed by atoms with E-state index in [1.54, 1.807) is 0 Å². The van der Waals surface area contributed by atoms with Crippen molar-refractivity contribution in [2.45, 2.75) is 5.41 Å². The average Bonchev–Trinajstić information content (AvgIpc) is 3.67. The minimum atomic E-state index is -0.562. The van der Waals surface area contributed by atoms with Crippen LogP contribution in [0.4, 0.5) is 28.4 Å². The summed E-state index contributed by atoms with van der Waals surface area (Å²) in [4.78, 5) is 4.60. The monoisotopic (exact) mass is 802 g/mol. The van der Waals surface area contributed by atoms with Crippen LogP contribution in [0, 0.1) is 0 Å². The molecule has 0 saturated heterocycles. The molecule has 0 unspecified atom stereocenters. The fourth-order valence-corrected chi connectivity index (χ4v) is 9.50. The third-order valence-corrected chi connectivity index (χ3v) is 12.4. The molecule has 11 rings (SSSR count). The van der Waals surface area contributed by atoms with Crippen molar-refractivity contribution in [3.05, 3.63) is 300 Å². The zero-order valence-electron chi connectivity index (χ0n) is 34.6. The molecule has 0 radical (unpaired) electrons. The number of hydrogen-bond acceptors (Lipinski definition) is 2. The molecule has 0 spiro atoms. The summed E-state index contributed by atoms with van der Waals surface area (Å²) in [5.41, 5.74) is 24.8. The number of para-hydroxylation sites is 2. The van der Waals surface area contributed by atoms with Gasteiger partial charge in [0.15, 0.2) is 0 Å². The summed E-state index contributed by atoms with van der Waals surface area (Å²) in [5, 5.41) is 0. The summed E-state index contributed by atoms with van der Waals surface area (Å²) in [7, 11) is 0. The minimum Gasteiger partial charge on any atom is -0.311 e. The molecule has 0 fully saturated rings. The molecular formula is C61H42N2. The predicted molar refractivity (Wildman–Crippen MR) is 262 cm³/mol. The molecule has 0 aromatic heterocycles. The maximum Gasteiger partial charge on any atom is 0.0973 e. The number of benzene rings is 9. The van der Waals surface area contributed by atoms with E-state index < -0.39 is 5.41 Å². The van der Waals surface area contributed by atoms with Crippen LogP contribution in [0.25, 0.3) is 27.8 Å². The Morgan fingerprint density at radius 3 is 1.16 bits per heavy atom. The van der Waals surface area contributed by atoms with Gasteiger partial charge in [-0.25, -0.2) is 0 Å². The van der Waals surface area contributed by atoms with Gasteiger partial charge in [0.05, 0.1) is 11.1 Å². The highest BCUT2D eigenvalue weighted by Gasteiger charge is 2.46. The molecule has 0 aliphatic heterocycles. The molecule has 296 valence electrons. The lowest BCUT2D eigenvalue weighted by Gasteiger charge is -2.35. The molecular weight excluding hydrogens is 761 g/mol. The van der Waals surface area contributed by atoms with Crippen LogP contribution in [0.1, 0.15) is 27.8 Å². The average molecular weight is 803 g/mol. The van der Waals surface area contributed by atoms with Crippen LogP contribution in [0.2, 0.25) is 0 Å². The van der Waals surface area contributed by atoms with Crippen LogP contribution in [-0.4, -0.2) is 0 Å². The third kappa shape index (κ3) is 6.74. The Balaban J connectivity index is 1.04. The Morgan fingerprint density at radius 1 is 0.286 bits per heavy atom. The Morgan fingerprint density at radius 2 is 0.667 bits per heavy atom. The molecule has 0 bridgehead atoms. The van der Waals surface area contributed by atoms with E-state index in [9.17, 15) is 0 Å². The fourth-order valence-electron chi connectivity index (χ4n) is 9.50. The van der Waals surface area contributed by atoms with Gasteiger partial charge < -0.3 is 9.80 Å². The fraction of sp³-hybridized carbons (Fsp3) is 0.0164. The lowest BCUT2D eigenvalue weighted by molar-refractivity contribution is 0.768. The molecule has 0 saturated carbocycles. The van der Waals surface area contributed by atoms with Crippen molar-refractivity contribution < 1.29 is 0 Å². The normalized spacial score (nSPS) is 13.1. The molecule has 0 heterocycles. The van der Waals surface area contributed by atoms with Crippen LogP contribution in [0.5, 0.6) is 0 Å². The Hall–Kier alpha value is -8.38. The molecule has 0 atom stereocenters. The molecule has 2 aliphatic carbocycles. The second-order valence-corrected chi connectivity index (χ2v) is 15.9. The molecule has 2 heteroatoms. The van der Waals surface area contributed by atoms with Crippen molar-refractivity contribution in [2.24, 2.45) is 0 Å². The minimum absolute atomic E-state index is 0.562. The molecule has 9 aromatic rings. The first kappa shape index (κ1) is 37.6. The van der Waals surface area contributed by atoms with E-state index >= 15 is 0 Å². The number of nitrogens with zero attached hydrogens (tertiary/aromatic N) is 2. The summed E-state index contributed by atoms with van der Waals surface area (Å²) in [5.74, 6) is 0. The van der Waals surface area contributed by atoms with Gasteiger partial charge >= 0.3 is 0 Å². The summed E-state index contributed by atoms with van der Waals surface area (Å²) >= 11 is 0. The first-order valence-electron chi connectivity index (χ1n) is 21.5. The maximum atomic E-state index is 3.51. The van der Waals surface area contributed by atoms with E-state index in [0.29, 0.717) is 0 Å². The number of fused-ring (bicyclic) bond motifs is 3. The number of anilines is 5. The second kappa shape index (κ2) is 16.2.